The quantitative estimate of drug-likeness (QED) is 0.873. The summed E-state index contributed by atoms with van der Waals surface area (Å²) in [4.78, 5) is 25.9. The maximum absolute atomic E-state index is 13.0. The minimum atomic E-state index is -0.788. The van der Waals surface area contributed by atoms with Crippen LogP contribution in [-0.4, -0.2) is 22.7 Å². The monoisotopic (exact) mass is 323 g/mol. The van der Waals surface area contributed by atoms with Crippen LogP contribution in [0.2, 0.25) is 0 Å². The van der Waals surface area contributed by atoms with Gasteiger partial charge in [0.2, 0.25) is 0 Å². The number of aliphatic hydroxyl groups excluding tert-OH is 1. The number of carbonyl (C=O) groups is 2. The Balaban J connectivity index is 1.71. The van der Waals surface area contributed by atoms with Crippen molar-refractivity contribution in [2.75, 3.05) is 0 Å². The number of ketones is 2. The van der Waals surface area contributed by atoms with Crippen LogP contribution in [0, 0.1) is 11.8 Å². The van der Waals surface area contributed by atoms with Crippen LogP contribution in [0.1, 0.15) is 52.8 Å². The van der Waals surface area contributed by atoms with Gasteiger partial charge in [0.25, 0.3) is 0 Å². The number of benzene rings is 1. The summed E-state index contributed by atoms with van der Waals surface area (Å²) in [6.45, 7) is 0. The van der Waals surface area contributed by atoms with E-state index in [4.69, 9.17) is 0 Å². The summed E-state index contributed by atoms with van der Waals surface area (Å²) in [5, 5.41) is 13.7. The Morgan fingerprint density at radius 2 is 1.50 bits per heavy atom. The summed E-state index contributed by atoms with van der Waals surface area (Å²) >= 11 is 0. The van der Waals surface area contributed by atoms with Crippen molar-refractivity contribution in [2.24, 2.45) is 11.8 Å². The van der Waals surface area contributed by atoms with Crippen molar-refractivity contribution in [3.63, 3.8) is 0 Å². The van der Waals surface area contributed by atoms with Crippen molar-refractivity contribution >= 4 is 11.6 Å². The molecule has 2 unspecified atom stereocenters. The van der Waals surface area contributed by atoms with E-state index >= 15 is 0 Å². The number of allylic oxidation sites excluding steroid dienone is 4. The highest BCUT2D eigenvalue weighted by atomic mass is 16.3. The van der Waals surface area contributed by atoms with Gasteiger partial charge in [-0.05, 0) is 25.0 Å². The van der Waals surface area contributed by atoms with Crippen molar-refractivity contribution in [1.29, 1.82) is 0 Å². The van der Waals surface area contributed by atoms with E-state index in [-0.39, 0.29) is 17.3 Å². The molecule has 1 saturated carbocycles. The maximum Gasteiger partial charge on any atom is 0.175 e. The molecular formula is C20H21NO3. The Morgan fingerprint density at radius 1 is 0.875 bits per heavy atom. The molecule has 4 rings (SSSR count). The summed E-state index contributed by atoms with van der Waals surface area (Å²) < 4.78 is 0. The fourth-order valence-electron chi connectivity index (χ4n) is 4.18. The lowest BCUT2D eigenvalue weighted by molar-refractivity contribution is 0.0741. The van der Waals surface area contributed by atoms with E-state index in [1.807, 2.05) is 0 Å². The number of hydrogen-bond donors (Lipinski definition) is 2. The van der Waals surface area contributed by atoms with Crippen LogP contribution in [0.5, 0.6) is 0 Å². The number of aliphatic hydroxyl groups is 1. The number of nitrogens with one attached hydrogen (secondary N) is 1. The second-order valence-electron chi connectivity index (χ2n) is 6.92. The summed E-state index contributed by atoms with van der Waals surface area (Å²) in [7, 11) is 0. The van der Waals surface area contributed by atoms with Crippen molar-refractivity contribution in [2.45, 2.75) is 38.1 Å². The first kappa shape index (κ1) is 15.2. The van der Waals surface area contributed by atoms with Gasteiger partial charge in [0.05, 0.1) is 11.8 Å². The third-order valence-electron chi connectivity index (χ3n) is 5.42. The molecule has 124 valence electrons. The van der Waals surface area contributed by atoms with Crippen molar-refractivity contribution in [3.05, 3.63) is 59.0 Å². The van der Waals surface area contributed by atoms with Crippen LogP contribution in [0.15, 0.2) is 47.9 Å². The fraction of sp³-hybridized carbons (Fsp3) is 0.400. The average molecular weight is 323 g/mol. The third kappa shape index (κ3) is 2.37. The van der Waals surface area contributed by atoms with Crippen LogP contribution >= 0.6 is 0 Å². The molecule has 4 nitrogen and oxygen atoms in total. The van der Waals surface area contributed by atoms with E-state index in [9.17, 15) is 14.7 Å². The predicted octanol–water partition coefficient (Wildman–Crippen LogP) is 3.56. The van der Waals surface area contributed by atoms with E-state index in [1.165, 1.54) is 19.3 Å². The SMILES string of the molecule is O=C1c2ccccc2C(=O)C2C(NC3CCCCC3)=CC=C(O)C12. The van der Waals surface area contributed by atoms with Gasteiger partial charge in [0.15, 0.2) is 11.6 Å². The zero-order valence-electron chi connectivity index (χ0n) is 13.5. The molecule has 0 aromatic heterocycles. The first-order chi connectivity index (χ1) is 11.7. The predicted molar refractivity (Wildman–Crippen MR) is 90.9 cm³/mol. The molecule has 0 spiro atoms. The molecule has 2 atom stereocenters. The van der Waals surface area contributed by atoms with E-state index in [1.54, 1.807) is 36.4 Å². The molecule has 1 fully saturated rings. The number of fused-ring (bicyclic) bond motifs is 2. The van der Waals surface area contributed by atoms with Gasteiger partial charge in [-0.1, -0.05) is 43.5 Å². The van der Waals surface area contributed by atoms with Crippen LogP contribution in [0.4, 0.5) is 0 Å². The van der Waals surface area contributed by atoms with Gasteiger partial charge in [-0.2, -0.15) is 0 Å². The number of rotatable bonds is 2. The first-order valence-electron chi connectivity index (χ1n) is 8.71. The zero-order valence-corrected chi connectivity index (χ0v) is 13.5. The van der Waals surface area contributed by atoms with Gasteiger partial charge in [-0.25, -0.2) is 0 Å². The zero-order chi connectivity index (χ0) is 16.7. The van der Waals surface area contributed by atoms with Crippen LogP contribution in [0.3, 0.4) is 0 Å². The van der Waals surface area contributed by atoms with E-state index in [0.29, 0.717) is 17.2 Å². The molecule has 0 radical (unpaired) electrons. The number of carbonyl (C=O) groups excluding carboxylic acids is 2. The lowest BCUT2D eigenvalue weighted by Crippen LogP contribution is -2.45. The second kappa shape index (κ2) is 5.93. The van der Waals surface area contributed by atoms with E-state index in [0.717, 1.165) is 18.5 Å². The maximum atomic E-state index is 13.0. The van der Waals surface area contributed by atoms with Crippen molar-refractivity contribution in [3.8, 4) is 0 Å². The Labute approximate surface area is 141 Å². The van der Waals surface area contributed by atoms with Crippen LogP contribution < -0.4 is 5.32 Å². The largest absolute Gasteiger partial charge is 0.512 e. The summed E-state index contributed by atoms with van der Waals surface area (Å²) in [6.07, 6.45) is 9.14. The topological polar surface area (TPSA) is 66.4 Å². The normalized spacial score (nSPS) is 27.0. The molecule has 2 N–H and O–H groups in total. The van der Waals surface area contributed by atoms with Gasteiger partial charge in [0, 0.05) is 22.9 Å². The van der Waals surface area contributed by atoms with E-state index in [2.05, 4.69) is 5.32 Å². The van der Waals surface area contributed by atoms with Gasteiger partial charge in [0.1, 0.15) is 5.76 Å². The highest BCUT2D eigenvalue weighted by molar-refractivity contribution is 6.17. The van der Waals surface area contributed by atoms with E-state index < -0.39 is 11.8 Å². The smallest absolute Gasteiger partial charge is 0.175 e. The molecule has 3 aliphatic rings. The third-order valence-corrected chi connectivity index (χ3v) is 5.42. The molecule has 0 saturated heterocycles. The lowest BCUT2D eigenvalue weighted by Gasteiger charge is -2.36. The molecule has 0 heterocycles. The van der Waals surface area contributed by atoms with Crippen LogP contribution in [-0.2, 0) is 0 Å². The highest BCUT2D eigenvalue weighted by Crippen LogP contribution is 2.39. The standard InChI is InChI=1S/C20H21NO3/c22-16-11-10-15(21-12-6-2-1-3-7-12)17-18(16)20(24)14-9-5-4-8-13(14)19(17)23/h4-5,8-12,17-18,21-22H,1-3,6-7H2. The molecule has 1 aromatic carbocycles. The molecule has 4 heteroatoms. The summed E-state index contributed by atoms with van der Waals surface area (Å²) in [5.41, 5.74) is 1.66. The number of Topliss-reactive ketones (excluding diaryl/α,β-unsaturated/α-hetero) is 2. The Morgan fingerprint density at radius 3 is 2.17 bits per heavy atom. The molecular weight excluding hydrogens is 302 g/mol. The molecule has 1 aromatic rings. The minimum Gasteiger partial charge on any atom is -0.512 e. The second-order valence-corrected chi connectivity index (χ2v) is 6.92. The van der Waals surface area contributed by atoms with Gasteiger partial charge < -0.3 is 10.4 Å². The summed E-state index contributed by atoms with van der Waals surface area (Å²) in [5.74, 6) is -1.67. The molecule has 24 heavy (non-hydrogen) atoms. The highest BCUT2D eigenvalue weighted by Gasteiger charge is 2.46. The van der Waals surface area contributed by atoms with Crippen LogP contribution in [0.25, 0.3) is 0 Å². The fourth-order valence-corrected chi connectivity index (χ4v) is 4.18. The summed E-state index contributed by atoms with van der Waals surface area (Å²) in [6, 6.07) is 7.26. The average Bonchev–Trinajstić information content (AvgIpc) is 2.62. The molecule has 0 bridgehead atoms. The Hall–Kier alpha value is -2.36. The number of hydrogen-bond acceptors (Lipinski definition) is 4. The van der Waals surface area contributed by atoms with Gasteiger partial charge >= 0.3 is 0 Å². The van der Waals surface area contributed by atoms with Gasteiger partial charge in [-0.15, -0.1) is 0 Å². The van der Waals surface area contributed by atoms with Crippen molar-refractivity contribution in [1.82, 2.24) is 5.32 Å². The Kier molecular flexibility index (Phi) is 3.75. The van der Waals surface area contributed by atoms with Crippen molar-refractivity contribution < 1.29 is 14.7 Å². The Bertz CT molecular complexity index is 756. The first-order valence-corrected chi connectivity index (χ1v) is 8.71. The molecule has 0 amide bonds. The molecule has 0 aliphatic heterocycles. The minimum absolute atomic E-state index is 0.0120. The molecule has 3 aliphatic carbocycles. The van der Waals surface area contributed by atoms with Gasteiger partial charge in [-0.3, -0.25) is 9.59 Å². The lowest BCUT2D eigenvalue weighted by atomic mass is 9.69.